The number of oxazole rings is 1. The summed E-state index contributed by atoms with van der Waals surface area (Å²) in [7, 11) is 0. The van der Waals surface area contributed by atoms with Gasteiger partial charge >= 0.3 is 0 Å². The average Bonchev–Trinajstić information content (AvgIpc) is 4.01. The van der Waals surface area contributed by atoms with Crippen molar-refractivity contribution in [1.82, 2.24) is 4.98 Å². The van der Waals surface area contributed by atoms with Crippen molar-refractivity contribution in [3.05, 3.63) is 194 Å². The molecule has 12 rings (SSSR count). The van der Waals surface area contributed by atoms with E-state index < -0.39 is 0 Å². The highest BCUT2D eigenvalue weighted by molar-refractivity contribution is 7.26. The first-order valence-corrected chi connectivity index (χ1v) is 20.3. The summed E-state index contributed by atoms with van der Waals surface area (Å²) in [6.07, 6.45) is 0. The first-order valence-electron chi connectivity index (χ1n) is 19.4. The van der Waals surface area contributed by atoms with Crippen molar-refractivity contribution in [3.8, 4) is 33.7 Å². The molecule has 12 aromatic rings. The highest BCUT2D eigenvalue weighted by Crippen LogP contribution is 2.46. The minimum absolute atomic E-state index is 0.604. The minimum Gasteiger partial charge on any atom is -0.456 e. The Bertz CT molecular complexity index is 3500. The first kappa shape index (κ1) is 32.7. The lowest BCUT2D eigenvalue weighted by Crippen LogP contribution is -2.10. The Hall–Kier alpha value is -7.47. The molecule has 5 heteroatoms. The van der Waals surface area contributed by atoms with Crippen LogP contribution in [0.5, 0.6) is 0 Å². The second-order valence-electron chi connectivity index (χ2n) is 14.7. The van der Waals surface area contributed by atoms with E-state index >= 15 is 0 Å². The van der Waals surface area contributed by atoms with Gasteiger partial charge in [0, 0.05) is 42.5 Å². The maximum absolute atomic E-state index is 6.45. The van der Waals surface area contributed by atoms with Crippen molar-refractivity contribution < 1.29 is 8.83 Å². The van der Waals surface area contributed by atoms with Crippen LogP contribution in [0.2, 0.25) is 0 Å². The summed E-state index contributed by atoms with van der Waals surface area (Å²) in [5, 5.41) is 6.98. The van der Waals surface area contributed by atoms with E-state index in [2.05, 4.69) is 157 Å². The Morgan fingerprint density at radius 1 is 0.431 bits per heavy atom. The van der Waals surface area contributed by atoms with Crippen LogP contribution >= 0.6 is 11.3 Å². The van der Waals surface area contributed by atoms with Crippen LogP contribution in [0.15, 0.2) is 203 Å². The van der Waals surface area contributed by atoms with Crippen molar-refractivity contribution in [2.75, 3.05) is 4.90 Å². The van der Waals surface area contributed by atoms with Crippen molar-refractivity contribution in [2.24, 2.45) is 0 Å². The Kier molecular flexibility index (Phi) is 7.37. The number of thiophene rings is 1. The second-order valence-corrected chi connectivity index (χ2v) is 15.8. The summed E-state index contributed by atoms with van der Waals surface area (Å²) in [5.74, 6) is 0.604. The number of nitrogens with zero attached hydrogens (tertiary/aromatic N) is 2. The molecule has 0 radical (unpaired) electrons. The van der Waals surface area contributed by atoms with Crippen LogP contribution in [0.25, 0.3) is 97.7 Å². The molecular formula is C53H32N2O2S. The lowest BCUT2D eigenvalue weighted by Gasteiger charge is -2.27. The first-order chi connectivity index (χ1) is 28.7. The van der Waals surface area contributed by atoms with Gasteiger partial charge in [-0.3, -0.25) is 0 Å². The lowest BCUT2D eigenvalue weighted by molar-refractivity contribution is 0.622. The summed E-state index contributed by atoms with van der Waals surface area (Å²) < 4.78 is 15.4. The van der Waals surface area contributed by atoms with E-state index in [0.717, 1.165) is 66.8 Å². The van der Waals surface area contributed by atoms with Gasteiger partial charge < -0.3 is 13.7 Å². The zero-order chi connectivity index (χ0) is 38.2. The van der Waals surface area contributed by atoms with Gasteiger partial charge in [-0.2, -0.15) is 0 Å². The number of hydrogen-bond donors (Lipinski definition) is 0. The van der Waals surface area contributed by atoms with Gasteiger partial charge in [0.25, 0.3) is 0 Å². The molecule has 0 aliphatic rings. The third-order valence-corrected chi connectivity index (χ3v) is 12.5. The van der Waals surface area contributed by atoms with E-state index in [1.165, 1.54) is 42.1 Å². The van der Waals surface area contributed by atoms with Crippen molar-refractivity contribution >= 4 is 92.4 Å². The number of hydrogen-bond acceptors (Lipinski definition) is 5. The Morgan fingerprint density at radius 2 is 1.12 bits per heavy atom. The van der Waals surface area contributed by atoms with Gasteiger partial charge in [-0.05, 0) is 112 Å². The van der Waals surface area contributed by atoms with E-state index in [4.69, 9.17) is 13.8 Å². The van der Waals surface area contributed by atoms with E-state index in [-0.39, 0.29) is 0 Å². The second kappa shape index (κ2) is 13.1. The predicted octanol–water partition coefficient (Wildman–Crippen LogP) is 15.7. The topological polar surface area (TPSA) is 42.4 Å². The number of anilines is 3. The molecule has 272 valence electrons. The van der Waals surface area contributed by atoms with Crippen molar-refractivity contribution in [2.45, 2.75) is 0 Å². The molecule has 0 N–H and O–H groups in total. The predicted molar refractivity (Wildman–Crippen MR) is 243 cm³/mol. The quantitative estimate of drug-likeness (QED) is 0.169. The Labute approximate surface area is 337 Å². The van der Waals surface area contributed by atoms with Crippen molar-refractivity contribution in [3.63, 3.8) is 0 Å². The molecule has 0 saturated carbocycles. The fourth-order valence-electron chi connectivity index (χ4n) is 8.57. The molecule has 0 amide bonds. The third-order valence-electron chi connectivity index (χ3n) is 11.3. The van der Waals surface area contributed by atoms with Crippen LogP contribution in [0, 0.1) is 0 Å². The van der Waals surface area contributed by atoms with E-state index in [0.29, 0.717) is 5.89 Å². The lowest BCUT2D eigenvalue weighted by atomic mass is 9.98. The molecule has 3 heterocycles. The standard InChI is InChI=1S/C53H32N2O2S/c1-2-11-36(12-3-1)53-54-44-30-31-46-51(52(44)57-53)42-29-24-37(32-47(42)56-46)33-20-25-38(26-21-33)55(45-17-9-19-49-50(45)43-15-6-7-18-48(43)58-49)39-27-22-35(23-28-39)41-16-8-13-34-10-4-5-14-40(34)41/h1-32H. The average molecular weight is 761 g/mol. The molecule has 0 bridgehead atoms. The summed E-state index contributed by atoms with van der Waals surface area (Å²) in [5.41, 5.74) is 12.0. The van der Waals surface area contributed by atoms with Crippen LogP contribution in [-0.4, -0.2) is 4.98 Å². The van der Waals surface area contributed by atoms with E-state index in [1.807, 2.05) is 53.8 Å². The Balaban J connectivity index is 0.954. The van der Waals surface area contributed by atoms with Gasteiger partial charge in [0.15, 0.2) is 5.58 Å². The van der Waals surface area contributed by atoms with E-state index in [1.54, 1.807) is 0 Å². The van der Waals surface area contributed by atoms with Gasteiger partial charge in [-0.25, -0.2) is 4.98 Å². The van der Waals surface area contributed by atoms with Gasteiger partial charge in [0.05, 0.1) is 11.1 Å². The molecular weight excluding hydrogens is 729 g/mol. The maximum atomic E-state index is 6.45. The Morgan fingerprint density at radius 3 is 1.97 bits per heavy atom. The molecule has 0 unspecified atom stereocenters. The monoisotopic (exact) mass is 760 g/mol. The molecule has 0 fully saturated rings. The highest BCUT2D eigenvalue weighted by atomic mass is 32.1. The smallest absolute Gasteiger partial charge is 0.227 e. The normalized spacial score (nSPS) is 11.8. The fraction of sp³-hybridized carbons (Fsp3) is 0. The molecule has 58 heavy (non-hydrogen) atoms. The molecule has 0 atom stereocenters. The van der Waals surface area contributed by atoms with Gasteiger partial charge in [-0.1, -0.05) is 115 Å². The van der Waals surface area contributed by atoms with Gasteiger partial charge in [-0.15, -0.1) is 11.3 Å². The maximum Gasteiger partial charge on any atom is 0.227 e. The zero-order valence-corrected chi connectivity index (χ0v) is 31.9. The highest BCUT2D eigenvalue weighted by Gasteiger charge is 2.20. The van der Waals surface area contributed by atoms with Gasteiger partial charge in [0.2, 0.25) is 5.89 Å². The van der Waals surface area contributed by atoms with Crippen LogP contribution in [0.4, 0.5) is 17.1 Å². The molecule has 0 aliphatic carbocycles. The number of benzene rings is 9. The fourth-order valence-corrected chi connectivity index (χ4v) is 9.70. The summed E-state index contributed by atoms with van der Waals surface area (Å²) in [6.45, 7) is 0. The molecule has 0 saturated heterocycles. The van der Waals surface area contributed by atoms with Crippen LogP contribution in [0.1, 0.15) is 0 Å². The third kappa shape index (κ3) is 5.25. The van der Waals surface area contributed by atoms with Crippen molar-refractivity contribution in [1.29, 1.82) is 0 Å². The largest absolute Gasteiger partial charge is 0.456 e. The van der Waals surface area contributed by atoms with E-state index in [9.17, 15) is 0 Å². The summed E-state index contributed by atoms with van der Waals surface area (Å²) >= 11 is 1.84. The number of aromatic nitrogens is 1. The summed E-state index contributed by atoms with van der Waals surface area (Å²) in [4.78, 5) is 7.19. The molecule has 0 aliphatic heterocycles. The van der Waals surface area contributed by atoms with Crippen LogP contribution < -0.4 is 4.90 Å². The minimum atomic E-state index is 0.604. The molecule has 4 nitrogen and oxygen atoms in total. The van der Waals surface area contributed by atoms with Gasteiger partial charge in [0.1, 0.15) is 16.7 Å². The molecule has 9 aromatic carbocycles. The zero-order valence-electron chi connectivity index (χ0n) is 31.1. The number of fused-ring (bicyclic) bond motifs is 9. The van der Waals surface area contributed by atoms with Crippen LogP contribution in [-0.2, 0) is 0 Å². The SMILES string of the molecule is c1ccc(-c2nc3ccc4oc5cc(-c6ccc(N(c7ccc(-c8cccc9ccccc89)cc7)c7cccc8sc9ccccc9c78)cc6)ccc5c4c3o2)cc1. The number of furan rings is 1. The molecule has 3 aromatic heterocycles. The molecule has 0 spiro atoms. The van der Waals surface area contributed by atoms with Crippen LogP contribution in [0.3, 0.4) is 0 Å². The summed E-state index contributed by atoms with van der Waals surface area (Å²) in [6, 6.07) is 68.8. The number of rotatable bonds is 6.